The zero-order valence-corrected chi connectivity index (χ0v) is 26.7. The maximum absolute atomic E-state index is 14.0. The summed E-state index contributed by atoms with van der Waals surface area (Å²) in [6, 6.07) is 0. The van der Waals surface area contributed by atoms with E-state index in [9.17, 15) is 52.7 Å². The Morgan fingerprint density at radius 1 is 0.468 bits per heavy atom. The van der Waals surface area contributed by atoms with E-state index < -0.39 is 87.4 Å². The smallest absolute Gasteiger partial charge is 0.355 e. The minimum atomic E-state index is -5.80. The van der Waals surface area contributed by atoms with Crippen LogP contribution in [0.15, 0.2) is 0 Å². The molecule has 16 heteroatoms. The first-order valence-electron chi connectivity index (χ1n) is 16.2. The van der Waals surface area contributed by atoms with Crippen molar-refractivity contribution in [3.63, 3.8) is 0 Å². The van der Waals surface area contributed by atoms with E-state index >= 15 is 0 Å². The van der Waals surface area contributed by atoms with E-state index in [0.29, 0.717) is 12.8 Å². The third-order valence-corrected chi connectivity index (χ3v) is 12.4. The molecule has 4 rings (SSSR count). The number of halogens is 12. The first-order valence-corrected chi connectivity index (χ1v) is 16.2. The van der Waals surface area contributed by atoms with Gasteiger partial charge in [-0.3, -0.25) is 0 Å². The van der Waals surface area contributed by atoms with Crippen molar-refractivity contribution in [1.29, 1.82) is 0 Å². The topological polar surface area (TPSA) is 36.9 Å². The molecule has 0 spiro atoms. The Balaban J connectivity index is 1.27. The minimum Gasteiger partial charge on any atom is -0.355 e. The van der Waals surface area contributed by atoms with E-state index in [1.165, 1.54) is 0 Å². The van der Waals surface area contributed by atoms with Gasteiger partial charge in [0.15, 0.2) is 0 Å². The highest BCUT2D eigenvalue weighted by molar-refractivity contribution is 5.06. The zero-order valence-electron chi connectivity index (χ0n) is 26.7. The van der Waals surface area contributed by atoms with Crippen molar-refractivity contribution in [2.24, 2.45) is 59.2 Å². The normalized spacial score (nSPS) is 35.0. The lowest BCUT2D eigenvalue weighted by molar-refractivity contribution is -0.399. The summed E-state index contributed by atoms with van der Waals surface area (Å²) in [7, 11) is 0. The van der Waals surface area contributed by atoms with Crippen LogP contribution in [0.2, 0.25) is 0 Å². The van der Waals surface area contributed by atoms with Gasteiger partial charge in [-0.15, -0.1) is 0 Å². The quantitative estimate of drug-likeness (QED) is 0.102. The molecule has 4 bridgehead atoms. The molecule has 47 heavy (non-hydrogen) atoms. The lowest BCUT2D eigenvalue weighted by Gasteiger charge is -2.41. The highest BCUT2D eigenvalue weighted by Gasteiger charge is 2.75. The lowest BCUT2D eigenvalue weighted by atomic mass is 9.71. The van der Waals surface area contributed by atoms with Gasteiger partial charge in [-0.2, -0.15) is 52.7 Å². The van der Waals surface area contributed by atoms with Crippen molar-refractivity contribution in [2.45, 2.75) is 109 Å². The molecule has 0 aromatic carbocycles. The van der Waals surface area contributed by atoms with Crippen molar-refractivity contribution in [2.75, 3.05) is 26.8 Å². The van der Waals surface area contributed by atoms with Crippen molar-refractivity contribution in [3.8, 4) is 0 Å². The van der Waals surface area contributed by atoms with Gasteiger partial charge in [0.25, 0.3) is 11.2 Å². The predicted molar refractivity (Wildman–Crippen MR) is 143 cm³/mol. The predicted octanol–water partition coefficient (Wildman–Crippen LogP) is 9.72. The summed E-state index contributed by atoms with van der Waals surface area (Å²) in [6.07, 6.45) is -24.5. The van der Waals surface area contributed by atoms with Crippen LogP contribution < -0.4 is 0 Å². The van der Waals surface area contributed by atoms with Crippen LogP contribution in [0.5, 0.6) is 0 Å². The summed E-state index contributed by atoms with van der Waals surface area (Å²) in [5.41, 5.74) is -8.93. The fraction of sp³-hybridized carbons (Fsp3) is 1.00. The Morgan fingerprint density at radius 2 is 0.787 bits per heavy atom. The molecule has 0 saturated heterocycles. The number of rotatable bonds is 14. The van der Waals surface area contributed by atoms with Crippen LogP contribution in [0.25, 0.3) is 0 Å². The zero-order chi connectivity index (χ0) is 35.4. The second-order valence-electron chi connectivity index (χ2n) is 14.5. The Kier molecular flexibility index (Phi) is 11.2. The highest BCUT2D eigenvalue weighted by atomic mass is 19.4. The average molecular weight is 709 g/mol. The second kappa shape index (κ2) is 13.6. The maximum atomic E-state index is 14.0. The Morgan fingerprint density at radius 3 is 1.04 bits per heavy atom. The Hall–Kier alpha value is -1.00. The first kappa shape index (κ1) is 38.8. The van der Waals surface area contributed by atoms with Gasteiger partial charge < -0.3 is 18.9 Å². The van der Waals surface area contributed by atoms with Gasteiger partial charge in [0.2, 0.25) is 0 Å². The SMILES string of the molecule is CC1C2CC(CC(OCOCCCOCOC(CC3CC4CC3C(C)C4C)(C(F)(F)F)C(F)(F)F)(C(F)(F)F)C(F)(F)F)C(C2)C1C. The number of hydrogen-bond acceptors (Lipinski definition) is 4. The summed E-state index contributed by atoms with van der Waals surface area (Å²) >= 11 is 0. The van der Waals surface area contributed by atoms with Gasteiger partial charge in [-0.1, -0.05) is 27.7 Å². The van der Waals surface area contributed by atoms with Crippen LogP contribution in [-0.2, 0) is 18.9 Å². The molecule has 4 fully saturated rings. The third-order valence-electron chi connectivity index (χ3n) is 12.4. The molecule has 276 valence electrons. The van der Waals surface area contributed by atoms with Gasteiger partial charge in [0, 0.05) is 0 Å². The van der Waals surface area contributed by atoms with Crippen LogP contribution in [-0.4, -0.2) is 62.7 Å². The van der Waals surface area contributed by atoms with E-state index in [1.807, 2.05) is 27.7 Å². The minimum absolute atomic E-state index is 0.0269. The third kappa shape index (κ3) is 7.27. The van der Waals surface area contributed by atoms with E-state index in [1.54, 1.807) is 0 Å². The second-order valence-corrected chi connectivity index (χ2v) is 14.5. The van der Waals surface area contributed by atoms with E-state index in [4.69, 9.17) is 9.47 Å². The fourth-order valence-corrected chi connectivity index (χ4v) is 9.29. The van der Waals surface area contributed by atoms with E-state index in [2.05, 4.69) is 9.47 Å². The molecule has 0 N–H and O–H groups in total. The summed E-state index contributed by atoms with van der Waals surface area (Å²) in [4.78, 5) is 0. The molecule has 0 aromatic rings. The number of hydrogen-bond donors (Lipinski definition) is 0. The summed E-state index contributed by atoms with van der Waals surface area (Å²) < 4.78 is 187. The van der Waals surface area contributed by atoms with E-state index in [0.717, 1.165) is 0 Å². The van der Waals surface area contributed by atoms with Gasteiger partial charge in [-0.05, 0) is 104 Å². The van der Waals surface area contributed by atoms with Crippen LogP contribution in [0.4, 0.5) is 52.7 Å². The molecule has 4 aliphatic rings. The van der Waals surface area contributed by atoms with Crippen LogP contribution in [0.3, 0.4) is 0 Å². The number of alkyl halides is 12. The highest BCUT2D eigenvalue weighted by Crippen LogP contribution is 2.61. The van der Waals surface area contributed by atoms with Gasteiger partial charge >= 0.3 is 24.7 Å². The van der Waals surface area contributed by atoms with Crippen LogP contribution in [0, 0.1) is 59.2 Å². The Labute approximate surface area is 266 Å². The molecule has 0 aliphatic heterocycles. The van der Waals surface area contributed by atoms with Crippen LogP contribution in [0.1, 0.15) is 72.6 Å². The summed E-state index contributed by atoms with van der Waals surface area (Å²) in [6.45, 7) is 3.66. The van der Waals surface area contributed by atoms with Crippen molar-refractivity contribution in [1.82, 2.24) is 0 Å². The Bertz CT molecular complexity index is 929. The molecule has 10 atom stereocenters. The summed E-state index contributed by atoms with van der Waals surface area (Å²) in [5, 5.41) is 0. The van der Waals surface area contributed by atoms with Gasteiger partial charge in [0.05, 0.1) is 13.2 Å². The first-order chi connectivity index (χ1) is 21.5. The van der Waals surface area contributed by atoms with Crippen molar-refractivity contribution in [3.05, 3.63) is 0 Å². The van der Waals surface area contributed by atoms with Gasteiger partial charge in [0.1, 0.15) is 13.6 Å². The molecule has 10 unspecified atom stereocenters. The number of fused-ring (bicyclic) bond motifs is 4. The maximum Gasteiger partial charge on any atom is 0.426 e. The number of ether oxygens (including phenoxy) is 4. The van der Waals surface area contributed by atoms with E-state index in [-0.39, 0.29) is 66.6 Å². The molecule has 0 amide bonds. The average Bonchev–Trinajstić information content (AvgIpc) is 3.66. The molecular formula is C31H44F12O4. The fourth-order valence-electron chi connectivity index (χ4n) is 9.29. The molecule has 0 radical (unpaired) electrons. The lowest BCUT2D eigenvalue weighted by Crippen LogP contribution is -2.60. The molecule has 0 heterocycles. The van der Waals surface area contributed by atoms with Crippen molar-refractivity contribution >= 4 is 0 Å². The van der Waals surface area contributed by atoms with Crippen LogP contribution >= 0.6 is 0 Å². The molecule has 4 aliphatic carbocycles. The van der Waals surface area contributed by atoms with Crippen molar-refractivity contribution < 1.29 is 71.6 Å². The van der Waals surface area contributed by atoms with Gasteiger partial charge in [-0.25, -0.2) is 0 Å². The summed E-state index contributed by atoms with van der Waals surface area (Å²) in [5.74, 6) is -1.85. The monoisotopic (exact) mass is 708 g/mol. The largest absolute Gasteiger partial charge is 0.426 e. The molecule has 0 aromatic heterocycles. The molecular weight excluding hydrogens is 664 g/mol. The molecule has 4 nitrogen and oxygen atoms in total. The standard InChI is InChI=1S/C31H44F12O4/c1-16-18(3)24-10-20(16)8-22(24)12-26(28(32,33)34,29(35,36)37)46-14-44-6-5-7-45-15-47-27(30(38,39)40,31(41,42)43)13-23-9-21-11-25(23)19(4)17(21)2/h16-25H,5-15H2,1-4H3. The molecule has 4 saturated carbocycles.